The van der Waals surface area contributed by atoms with Crippen LogP contribution in [0.2, 0.25) is 5.02 Å². The first kappa shape index (κ1) is 19.6. The molecule has 0 aromatic heterocycles. The zero-order valence-corrected chi connectivity index (χ0v) is 15.9. The van der Waals surface area contributed by atoms with Gasteiger partial charge < -0.3 is 14.4 Å². The predicted molar refractivity (Wildman–Crippen MR) is 97.0 cm³/mol. The van der Waals surface area contributed by atoms with Crippen molar-refractivity contribution in [3.8, 4) is 5.75 Å². The molecule has 0 spiro atoms. The third-order valence-electron chi connectivity index (χ3n) is 4.52. The zero-order chi connectivity index (χ0) is 18.4. The fraction of sp³-hybridized carbons (Fsp3) is 0.579. The number of methoxy groups -OCH3 is 1. The van der Waals surface area contributed by atoms with Gasteiger partial charge in [0.1, 0.15) is 5.75 Å². The number of amides is 1. The van der Waals surface area contributed by atoms with E-state index in [2.05, 4.69) is 0 Å². The number of piperidine rings is 1. The summed E-state index contributed by atoms with van der Waals surface area (Å²) in [7, 11) is 1.39. The van der Waals surface area contributed by atoms with Gasteiger partial charge in [-0.1, -0.05) is 11.6 Å². The molecule has 0 N–H and O–H groups in total. The molecule has 1 aliphatic heterocycles. The monoisotopic (exact) mass is 367 g/mol. The lowest BCUT2D eigenvalue weighted by Crippen LogP contribution is -2.42. The zero-order valence-electron chi connectivity index (χ0n) is 15.1. The van der Waals surface area contributed by atoms with Gasteiger partial charge in [0.15, 0.2) is 0 Å². The Morgan fingerprint density at radius 1 is 1.28 bits per heavy atom. The average Bonchev–Trinajstić information content (AvgIpc) is 2.62. The van der Waals surface area contributed by atoms with Crippen LogP contribution in [0.1, 0.15) is 36.8 Å². The molecule has 1 unspecified atom stereocenters. The average molecular weight is 368 g/mol. The first-order valence-electron chi connectivity index (χ1n) is 8.67. The molecule has 138 valence electrons. The number of carbonyl (C=O) groups excluding carboxylic acids is 2. The van der Waals surface area contributed by atoms with Crippen LogP contribution in [0.25, 0.3) is 0 Å². The summed E-state index contributed by atoms with van der Waals surface area (Å²) >= 11 is 6.14. The van der Waals surface area contributed by atoms with Crippen molar-refractivity contribution in [2.24, 2.45) is 5.92 Å². The topological polar surface area (TPSA) is 55.8 Å². The Balaban J connectivity index is 1.76. The van der Waals surface area contributed by atoms with E-state index < -0.39 is 0 Å². The highest BCUT2D eigenvalue weighted by Gasteiger charge is 2.28. The molecule has 0 aliphatic carbocycles. The van der Waals surface area contributed by atoms with E-state index >= 15 is 0 Å². The van der Waals surface area contributed by atoms with Crippen molar-refractivity contribution in [1.82, 2.24) is 4.90 Å². The minimum Gasteiger partial charge on any atom is -0.494 e. The number of aryl methyl sites for hydroxylation is 2. The summed E-state index contributed by atoms with van der Waals surface area (Å²) in [5, 5.41) is 0.757. The molecule has 0 saturated carbocycles. The van der Waals surface area contributed by atoms with E-state index in [1.54, 1.807) is 4.90 Å². The Hall–Kier alpha value is -1.75. The minimum absolute atomic E-state index is 0.0701. The number of nitrogens with zero attached hydrogens (tertiary/aromatic N) is 1. The third-order valence-corrected chi connectivity index (χ3v) is 5.12. The molecule has 5 nitrogen and oxygen atoms in total. The summed E-state index contributed by atoms with van der Waals surface area (Å²) in [5.41, 5.74) is 1.96. The molecule has 25 heavy (non-hydrogen) atoms. The van der Waals surface area contributed by atoms with E-state index in [0.717, 1.165) is 34.7 Å². The summed E-state index contributed by atoms with van der Waals surface area (Å²) in [4.78, 5) is 25.7. The molecule has 6 heteroatoms. The van der Waals surface area contributed by atoms with Gasteiger partial charge in [0.05, 0.1) is 19.6 Å². The lowest BCUT2D eigenvalue weighted by Gasteiger charge is -2.31. The van der Waals surface area contributed by atoms with Crippen molar-refractivity contribution in [1.29, 1.82) is 0 Å². The van der Waals surface area contributed by atoms with Gasteiger partial charge in [-0.3, -0.25) is 9.59 Å². The number of rotatable bonds is 6. The van der Waals surface area contributed by atoms with Crippen LogP contribution in [-0.4, -0.2) is 43.6 Å². The van der Waals surface area contributed by atoms with Gasteiger partial charge in [-0.15, -0.1) is 0 Å². The third kappa shape index (κ3) is 5.36. The SMILES string of the molecule is COC(=O)C1CCCN(C(=O)CCCOc2cc(C)c(Cl)c(C)c2)C1. The van der Waals surface area contributed by atoms with Gasteiger partial charge in [0.25, 0.3) is 0 Å². The molecule has 1 saturated heterocycles. The minimum atomic E-state index is -0.227. The highest BCUT2D eigenvalue weighted by atomic mass is 35.5. The largest absolute Gasteiger partial charge is 0.494 e. The number of benzene rings is 1. The highest BCUT2D eigenvalue weighted by Crippen LogP contribution is 2.26. The molecule has 1 heterocycles. The number of esters is 1. The molecule has 1 amide bonds. The summed E-state index contributed by atoms with van der Waals surface area (Å²) in [6.07, 6.45) is 2.68. The number of likely N-dealkylation sites (tertiary alicyclic amines) is 1. The van der Waals surface area contributed by atoms with Crippen LogP contribution in [0.15, 0.2) is 12.1 Å². The molecule has 1 atom stereocenters. The Kier molecular flexibility index (Phi) is 7.12. The van der Waals surface area contributed by atoms with Crippen LogP contribution in [-0.2, 0) is 14.3 Å². The lowest BCUT2D eigenvalue weighted by molar-refractivity contribution is -0.149. The number of carbonyl (C=O) groups is 2. The maximum atomic E-state index is 12.3. The molecular formula is C19H26ClNO4. The van der Waals surface area contributed by atoms with Gasteiger partial charge in [0, 0.05) is 24.5 Å². The van der Waals surface area contributed by atoms with Crippen LogP contribution in [0.4, 0.5) is 0 Å². The van der Waals surface area contributed by atoms with Crippen molar-refractivity contribution in [2.45, 2.75) is 39.5 Å². The Bertz CT molecular complexity index is 609. The van der Waals surface area contributed by atoms with Crippen molar-refractivity contribution in [3.05, 3.63) is 28.3 Å². The van der Waals surface area contributed by atoms with E-state index in [1.807, 2.05) is 26.0 Å². The van der Waals surface area contributed by atoms with E-state index in [-0.39, 0.29) is 17.8 Å². The number of hydrogen-bond acceptors (Lipinski definition) is 4. The van der Waals surface area contributed by atoms with Gasteiger partial charge in [-0.25, -0.2) is 0 Å². The van der Waals surface area contributed by atoms with Crippen molar-refractivity contribution < 1.29 is 19.1 Å². The van der Waals surface area contributed by atoms with Crippen LogP contribution < -0.4 is 4.74 Å². The molecule has 1 aromatic carbocycles. The number of ether oxygens (including phenoxy) is 2. The fourth-order valence-electron chi connectivity index (χ4n) is 3.12. The van der Waals surface area contributed by atoms with Crippen molar-refractivity contribution in [3.63, 3.8) is 0 Å². The molecule has 0 bridgehead atoms. The quantitative estimate of drug-likeness (QED) is 0.570. The van der Waals surface area contributed by atoms with Gasteiger partial charge in [-0.2, -0.15) is 0 Å². The molecule has 0 radical (unpaired) electrons. The maximum absolute atomic E-state index is 12.3. The summed E-state index contributed by atoms with van der Waals surface area (Å²) in [5.74, 6) is 0.421. The van der Waals surface area contributed by atoms with E-state index in [9.17, 15) is 9.59 Å². The van der Waals surface area contributed by atoms with Crippen molar-refractivity contribution >= 4 is 23.5 Å². The van der Waals surface area contributed by atoms with Gasteiger partial charge in [-0.05, 0) is 56.4 Å². The van der Waals surface area contributed by atoms with E-state index in [4.69, 9.17) is 21.1 Å². The second-order valence-corrected chi connectivity index (χ2v) is 6.90. The highest BCUT2D eigenvalue weighted by molar-refractivity contribution is 6.32. The van der Waals surface area contributed by atoms with Crippen LogP contribution in [0.5, 0.6) is 5.75 Å². The molecular weight excluding hydrogens is 342 g/mol. The Morgan fingerprint density at radius 3 is 2.60 bits per heavy atom. The van der Waals surface area contributed by atoms with Crippen LogP contribution in [0, 0.1) is 19.8 Å². The summed E-state index contributed by atoms with van der Waals surface area (Å²) < 4.78 is 10.5. The van der Waals surface area contributed by atoms with E-state index in [1.165, 1.54) is 7.11 Å². The van der Waals surface area contributed by atoms with Gasteiger partial charge in [0.2, 0.25) is 5.91 Å². The Morgan fingerprint density at radius 2 is 1.96 bits per heavy atom. The smallest absolute Gasteiger partial charge is 0.310 e. The Labute approximate surface area is 154 Å². The van der Waals surface area contributed by atoms with Crippen LogP contribution >= 0.6 is 11.6 Å². The fourth-order valence-corrected chi connectivity index (χ4v) is 3.23. The van der Waals surface area contributed by atoms with Crippen molar-refractivity contribution in [2.75, 3.05) is 26.8 Å². The first-order valence-corrected chi connectivity index (χ1v) is 9.05. The van der Waals surface area contributed by atoms with E-state index in [0.29, 0.717) is 32.5 Å². The normalized spacial score (nSPS) is 17.3. The first-order chi connectivity index (χ1) is 11.9. The maximum Gasteiger partial charge on any atom is 0.310 e. The predicted octanol–water partition coefficient (Wildman–Crippen LogP) is 3.53. The van der Waals surface area contributed by atoms with Gasteiger partial charge >= 0.3 is 5.97 Å². The molecule has 1 aromatic rings. The standard InChI is InChI=1S/C19H26ClNO4/c1-13-10-16(11-14(2)18(13)20)25-9-5-7-17(22)21-8-4-6-15(12-21)19(23)24-3/h10-11,15H,4-9,12H2,1-3H3. The second-order valence-electron chi connectivity index (χ2n) is 6.53. The molecule has 1 aliphatic rings. The molecule has 1 fully saturated rings. The summed E-state index contributed by atoms with van der Waals surface area (Å²) in [6, 6.07) is 3.81. The molecule has 2 rings (SSSR count). The number of halogens is 1. The number of hydrogen-bond donors (Lipinski definition) is 0. The lowest BCUT2D eigenvalue weighted by atomic mass is 9.98. The van der Waals surface area contributed by atoms with Crippen LogP contribution in [0.3, 0.4) is 0 Å². The second kappa shape index (κ2) is 9.09. The summed E-state index contributed by atoms with van der Waals surface area (Å²) in [6.45, 7) is 5.53.